The number of anilines is 2. The molecule has 3 saturated heterocycles. The molecule has 3 aliphatic heterocycles. The van der Waals surface area contributed by atoms with Crippen molar-refractivity contribution >= 4 is 76.7 Å². The average Bonchev–Trinajstić information content (AvgIpc) is 1.62. The van der Waals surface area contributed by atoms with E-state index in [2.05, 4.69) is 122 Å². The Hall–Kier alpha value is -7.77. The Balaban J connectivity index is 0.000000178. The summed E-state index contributed by atoms with van der Waals surface area (Å²) in [4.78, 5) is 75.3. The molecule has 2 saturated carbocycles. The zero-order chi connectivity index (χ0) is 64.7. The van der Waals surface area contributed by atoms with E-state index in [1.807, 2.05) is 121 Å². The maximum Gasteiger partial charge on any atom is 0.0267 e. The molecular formula is C73H84Cl2N7O6Ru-. The molecule has 0 spiro atoms. The van der Waals surface area contributed by atoms with E-state index >= 15 is 0 Å². The van der Waals surface area contributed by atoms with Crippen LogP contribution in [0, 0.1) is 101 Å². The summed E-state index contributed by atoms with van der Waals surface area (Å²) < 4.78 is 6.52. The van der Waals surface area contributed by atoms with Crippen LogP contribution in [0.4, 0.5) is 11.4 Å². The fraction of sp³-hybridized carbons (Fsp3) is 0.315. The number of carbonyl (C=O) groups excluding carboxylic acids is 5. The topological polar surface area (TPSA) is 157 Å². The van der Waals surface area contributed by atoms with E-state index in [1.165, 1.54) is 62.8 Å². The van der Waals surface area contributed by atoms with Crippen molar-refractivity contribution in [1.29, 1.82) is 5.41 Å². The molecule has 89 heavy (non-hydrogen) atoms. The van der Waals surface area contributed by atoms with Crippen molar-refractivity contribution in [1.82, 2.24) is 19.8 Å². The number of likely N-dealkylation sites (tertiary alicyclic amines) is 2. The summed E-state index contributed by atoms with van der Waals surface area (Å²) in [6, 6.07) is 40.2. The molecule has 6 aliphatic rings. The molecule has 6 aromatic rings. The Morgan fingerprint density at radius 3 is 1.40 bits per heavy atom. The third-order valence-corrected chi connectivity index (χ3v) is 17.8. The second kappa shape index (κ2) is 34.8. The number of hydrogen-bond donors (Lipinski definition) is 1. The number of nitrogens with zero attached hydrogens (tertiary/aromatic N) is 6. The van der Waals surface area contributed by atoms with Gasteiger partial charge in [-0.15, -0.1) is 6.58 Å². The van der Waals surface area contributed by atoms with Crippen LogP contribution in [0.3, 0.4) is 0 Å². The van der Waals surface area contributed by atoms with Gasteiger partial charge in [0.05, 0.1) is 43.1 Å². The summed E-state index contributed by atoms with van der Waals surface area (Å²) in [6.45, 7) is 30.4. The van der Waals surface area contributed by atoms with E-state index in [-0.39, 0.29) is 65.7 Å². The first-order chi connectivity index (χ1) is 42.7. The van der Waals surface area contributed by atoms with E-state index < -0.39 is 31.3 Å². The number of aromatic nitrogens is 2. The van der Waals surface area contributed by atoms with Crippen LogP contribution in [0.1, 0.15) is 78.1 Å². The van der Waals surface area contributed by atoms with Crippen LogP contribution in [0.25, 0.3) is 6.08 Å². The number of halogens is 2. The number of carbonyl (C=O) groups is 5. The van der Waals surface area contributed by atoms with E-state index in [0.717, 1.165) is 42.1 Å². The first-order valence-electron chi connectivity index (χ1n) is 29.9. The van der Waals surface area contributed by atoms with Crippen molar-refractivity contribution in [3.63, 3.8) is 0 Å². The summed E-state index contributed by atoms with van der Waals surface area (Å²) in [6.07, 6.45) is 20.0. The van der Waals surface area contributed by atoms with Gasteiger partial charge in [-0.25, -0.2) is 4.90 Å². The van der Waals surface area contributed by atoms with Gasteiger partial charge in [-0.3, -0.25) is 38.8 Å². The maximum atomic E-state index is 12.5. The van der Waals surface area contributed by atoms with Crippen molar-refractivity contribution in [2.45, 2.75) is 75.2 Å². The van der Waals surface area contributed by atoms with Crippen molar-refractivity contribution in [3.8, 4) is 0 Å². The summed E-state index contributed by atoms with van der Waals surface area (Å²) >= 11 is -1.61. The molecule has 2 bridgehead atoms. The Bertz CT molecular complexity index is 3250. The van der Waals surface area contributed by atoms with Gasteiger partial charge in [-0.2, -0.15) is 6.67 Å². The maximum absolute atomic E-state index is 12.5. The van der Waals surface area contributed by atoms with Crippen LogP contribution in [0.2, 0.25) is 0 Å². The van der Waals surface area contributed by atoms with Crippen LogP contribution in [-0.4, -0.2) is 85.9 Å². The number of ether oxygens (including phenoxy) is 1. The Kier molecular flexibility index (Phi) is 27.5. The number of aryl methyl sites for hydroxylation is 6. The second-order valence-corrected chi connectivity index (χ2v) is 28.3. The monoisotopic (exact) mass is 1330 g/mol. The normalized spacial score (nSPS) is 21.4. The van der Waals surface area contributed by atoms with Crippen molar-refractivity contribution in [2.75, 3.05) is 36.0 Å². The molecule has 5 amide bonds. The molecule has 1 N–H and O–H groups in total. The minimum Gasteiger partial charge on any atom is -0.265 e. The molecule has 8 unspecified atom stereocenters. The van der Waals surface area contributed by atoms with E-state index in [4.69, 9.17) is 24.8 Å². The summed E-state index contributed by atoms with van der Waals surface area (Å²) in [5.74, 6) is -2.07. The molecule has 8 atom stereocenters. The SMILES string of the molecule is C=CC1CC(/C=C\c2ccccc2)C2C(=O)N(C(C)=O)C(=O)C12.C=COCC.CC(=N)CN1C(=O)C2C3C=CC(C3)C2C1=O.Cc1cc(C)c(N2[CH-]N(c3c(C)cc(C)cc3C)CC2)c(C)c1.[Cl][Ru]([Cl])=[CH]c1ccccc1.c1ccncc1.c1ccncc1. The number of allylic oxidation sites excluding steroid dienone is 4. The fourth-order valence-corrected chi connectivity index (χ4v) is 14.4. The van der Waals surface area contributed by atoms with Crippen LogP contribution in [-0.2, 0) is 42.2 Å². The van der Waals surface area contributed by atoms with Gasteiger partial charge in [-0.05, 0) is 144 Å². The largest absolute Gasteiger partial charge is 0.265 e. The summed E-state index contributed by atoms with van der Waals surface area (Å²) in [5.41, 5.74) is 13.4. The average molecular weight is 1330 g/mol. The molecule has 5 fully saturated rings. The predicted molar refractivity (Wildman–Crippen MR) is 359 cm³/mol. The standard InChI is InChI=1S/C21H27N2.C19H19NO3.C12H14N2O2.C7H6.2C5H5N.C4H8O.2ClH.Ru/c1-14-9-16(3)20(17(4)10-14)22-7-8-23(13-22)21-18(5)11-15(2)12-19(21)6;1-3-14-11-15(10-9-13-7-5-4-6-8-13)17-16(14)18(22)20(12(2)21)19(17)23;1-6(13)5-14-11(15)9-7-2-3-8(4-7)10(9)12(14)16;1-7-5-3-2-4-6-7;2*1-2-4-6-5-3-1;1-3-5-4-2;;;/h9-13H,7-8H2,1-6H3;3-10,14-17H,1,11H2,2H3;2-3,7-10,13H,4-5H2,1H3;1-6H;2*1-5H;3H,1,4H2,2H3;2*1H;/q-1;;;;;;;;;+2/p-2/b;10-9-;;;;;;;;. The van der Waals surface area contributed by atoms with Crippen LogP contribution < -0.4 is 9.80 Å². The number of nitrogens with one attached hydrogen (secondary N) is 1. The fourth-order valence-electron chi connectivity index (χ4n) is 12.6. The van der Waals surface area contributed by atoms with Gasteiger partial charge in [0.15, 0.2) is 0 Å². The van der Waals surface area contributed by atoms with E-state index in [9.17, 15) is 24.0 Å². The minimum atomic E-state index is -1.61. The Morgan fingerprint density at radius 2 is 1.06 bits per heavy atom. The van der Waals surface area contributed by atoms with Crippen LogP contribution in [0.5, 0.6) is 0 Å². The smallest absolute Gasteiger partial charge is 0.0267 e. The second-order valence-electron chi connectivity index (χ2n) is 22.6. The molecule has 13 nitrogen and oxygen atoms in total. The zero-order valence-electron chi connectivity index (χ0n) is 52.5. The Labute approximate surface area is 540 Å². The number of fused-ring (bicyclic) bond motifs is 6. The molecular weight excluding hydrogens is 1240 g/mol. The summed E-state index contributed by atoms with van der Waals surface area (Å²) in [7, 11) is 11.3. The molecule has 12 rings (SSSR count). The van der Waals surface area contributed by atoms with E-state index in [0.29, 0.717) is 12.1 Å². The molecule has 0 radical (unpaired) electrons. The van der Waals surface area contributed by atoms with Gasteiger partial charge in [0, 0.05) is 61.9 Å². The number of pyridine rings is 2. The molecule has 16 heteroatoms. The molecule has 2 aromatic heterocycles. The summed E-state index contributed by atoms with van der Waals surface area (Å²) in [5, 5.41) is 7.40. The van der Waals surface area contributed by atoms with Gasteiger partial charge in [-0.1, -0.05) is 115 Å². The van der Waals surface area contributed by atoms with Gasteiger partial charge in [0.25, 0.3) is 0 Å². The third-order valence-electron chi connectivity index (χ3n) is 15.9. The van der Waals surface area contributed by atoms with Crippen LogP contribution >= 0.6 is 19.4 Å². The quantitative estimate of drug-likeness (QED) is 0.0350. The predicted octanol–water partition coefficient (Wildman–Crippen LogP) is 14.6. The molecule has 4 aromatic carbocycles. The van der Waals surface area contributed by atoms with Gasteiger partial charge in [0.2, 0.25) is 29.5 Å². The number of rotatable bonds is 10. The van der Waals surface area contributed by atoms with Crippen molar-refractivity contribution in [3.05, 3.63) is 241 Å². The molecule has 3 aliphatic carbocycles. The first kappa shape index (κ1) is 70.3. The molecule has 5 heterocycles. The van der Waals surface area contributed by atoms with Crippen molar-refractivity contribution in [2.24, 2.45) is 47.3 Å². The number of imide groups is 4. The Morgan fingerprint density at radius 1 is 0.629 bits per heavy atom. The first-order valence-corrected chi connectivity index (χ1v) is 35.3. The number of hydrogen-bond acceptors (Lipinski definition) is 11. The van der Waals surface area contributed by atoms with Gasteiger partial charge in [0.1, 0.15) is 0 Å². The van der Waals surface area contributed by atoms with Crippen LogP contribution in [0.15, 0.2) is 190 Å². The number of benzene rings is 4. The zero-order valence-corrected chi connectivity index (χ0v) is 55.7. The van der Waals surface area contributed by atoms with E-state index in [1.54, 1.807) is 37.8 Å². The number of amides is 5. The van der Waals surface area contributed by atoms with Gasteiger partial charge >= 0.3 is 73.4 Å². The third kappa shape index (κ3) is 19.4. The van der Waals surface area contributed by atoms with Gasteiger partial charge < -0.3 is 19.9 Å². The molecule has 470 valence electrons. The van der Waals surface area contributed by atoms with Crippen molar-refractivity contribution < 1.29 is 42.2 Å². The minimum absolute atomic E-state index is 0.0518.